The summed E-state index contributed by atoms with van der Waals surface area (Å²) in [5.74, 6) is -0.163. The van der Waals surface area contributed by atoms with Gasteiger partial charge in [-0.05, 0) is 57.9 Å². The highest BCUT2D eigenvalue weighted by molar-refractivity contribution is 9.10. The number of thioether (sulfide) groups is 1. The van der Waals surface area contributed by atoms with Crippen molar-refractivity contribution in [2.45, 2.75) is 5.22 Å². The number of rotatable bonds is 8. The fraction of sp³-hybridized carbons (Fsp3) is 0.0833. The van der Waals surface area contributed by atoms with Gasteiger partial charge in [-0.25, -0.2) is 15.2 Å². The summed E-state index contributed by atoms with van der Waals surface area (Å²) < 4.78 is 16.9. The number of hydrazone groups is 1. The molecular formula is C24H18BrN3O5S. The number of halogens is 1. The summed E-state index contributed by atoms with van der Waals surface area (Å²) in [6.45, 7) is 0. The number of nitrogens with zero attached hydrogens (tertiary/aromatic N) is 2. The maximum atomic E-state index is 12.4. The molecule has 0 fully saturated rings. The van der Waals surface area contributed by atoms with Crippen LogP contribution in [0.4, 0.5) is 0 Å². The van der Waals surface area contributed by atoms with Crippen LogP contribution >= 0.6 is 27.7 Å². The van der Waals surface area contributed by atoms with Crippen LogP contribution in [0.5, 0.6) is 11.5 Å². The lowest BCUT2D eigenvalue weighted by atomic mass is 10.2. The highest BCUT2D eigenvalue weighted by Gasteiger charge is 2.16. The van der Waals surface area contributed by atoms with E-state index in [1.54, 1.807) is 36.4 Å². The SMILES string of the molecule is COc1cc(/C=N\NC(=O)CSc2nc3ccccc3o2)cc(Br)c1OC(=O)c1ccccc1. The number of carbonyl (C=O) groups excluding carboxylic acids is 2. The number of para-hydroxylation sites is 2. The molecule has 1 aromatic heterocycles. The number of oxazole rings is 1. The highest BCUT2D eigenvalue weighted by atomic mass is 79.9. The molecule has 1 heterocycles. The molecule has 0 saturated carbocycles. The lowest BCUT2D eigenvalue weighted by Gasteiger charge is -2.12. The Morgan fingerprint density at radius 1 is 1.15 bits per heavy atom. The van der Waals surface area contributed by atoms with Crippen LogP contribution in [0.1, 0.15) is 15.9 Å². The maximum absolute atomic E-state index is 12.4. The Morgan fingerprint density at radius 2 is 1.91 bits per heavy atom. The summed E-state index contributed by atoms with van der Waals surface area (Å²) in [5.41, 5.74) is 4.90. The summed E-state index contributed by atoms with van der Waals surface area (Å²) in [7, 11) is 1.47. The third-order valence-corrected chi connectivity index (χ3v) is 5.88. The second-order valence-electron chi connectivity index (χ2n) is 6.82. The topological polar surface area (TPSA) is 103 Å². The maximum Gasteiger partial charge on any atom is 0.343 e. The molecule has 4 aromatic rings. The molecule has 0 spiro atoms. The molecule has 172 valence electrons. The second-order valence-corrected chi connectivity index (χ2v) is 8.60. The summed E-state index contributed by atoms with van der Waals surface area (Å²) in [6, 6.07) is 19.4. The molecule has 10 heteroatoms. The van der Waals surface area contributed by atoms with Gasteiger partial charge >= 0.3 is 5.97 Å². The first-order valence-electron chi connectivity index (χ1n) is 9.98. The van der Waals surface area contributed by atoms with Gasteiger partial charge in [-0.2, -0.15) is 5.10 Å². The summed E-state index contributed by atoms with van der Waals surface area (Å²) in [4.78, 5) is 28.8. The lowest BCUT2D eigenvalue weighted by molar-refractivity contribution is -0.118. The van der Waals surface area contributed by atoms with Crippen LogP contribution in [0.3, 0.4) is 0 Å². The van der Waals surface area contributed by atoms with Crippen molar-refractivity contribution in [1.82, 2.24) is 10.4 Å². The molecule has 0 aliphatic rings. The van der Waals surface area contributed by atoms with E-state index in [0.29, 0.717) is 32.2 Å². The predicted octanol–water partition coefficient (Wildman–Crippen LogP) is 5.06. The van der Waals surface area contributed by atoms with Gasteiger partial charge in [0.05, 0.1) is 29.1 Å². The van der Waals surface area contributed by atoms with E-state index in [-0.39, 0.29) is 17.4 Å². The van der Waals surface area contributed by atoms with Gasteiger partial charge in [0.1, 0.15) is 5.52 Å². The van der Waals surface area contributed by atoms with Crippen molar-refractivity contribution in [3.05, 3.63) is 82.3 Å². The van der Waals surface area contributed by atoms with E-state index in [4.69, 9.17) is 13.9 Å². The Balaban J connectivity index is 1.36. The number of methoxy groups -OCH3 is 1. The summed E-state index contributed by atoms with van der Waals surface area (Å²) in [6.07, 6.45) is 1.46. The number of nitrogens with one attached hydrogen (secondary N) is 1. The van der Waals surface area contributed by atoms with E-state index < -0.39 is 5.97 Å². The van der Waals surface area contributed by atoms with Crippen LogP contribution in [0, 0.1) is 0 Å². The van der Waals surface area contributed by atoms with E-state index in [2.05, 4.69) is 31.4 Å². The fourth-order valence-electron chi connectivity index (χ4n) is 2.89. The minimum absolute atomic E-state index is 0.0888. The van der Waals surface area contributed by atoms with Crippen molar-refractivity contribution in [3.63, 3.8) is 0 Å². The van der Waals surface area contributed by atoms with Crippen LogP contribution < -0.4 is 14.9 Å². The number of aromatic nitrogens is 1. The number of esters is 1. The van der Waals surface area contributed by atoms with Crippen molar-refractivity contribution in [1.29, 1.82) is 0 Å². The van der Waals surface area contributed by atoms with E-state index in [0.717, 1.165) is 5.52 Å². The Bertz CT molecular complexity index is 1320. The zero-order valence-corrected chi connectivity index (χ0v) is 20.3. The monoisotopic (exact) mass is 539 g/mol. The molecule has 0 atom stereocenters. The van der Waals surface area contributed by atoms with Crippen molar-refractivity contribution < 1.29 is 23.5 Å². The molecular weight excluding hydrogens is 522 g/mol. The average molecular weight is 540 g/mol. The van der Waals surface area contributed by atoms with Gasteiger partial charge in [0.25, 0.3) is 11.1 Å². The Labute approximate surface area is 207 Å². The largest absolute Gasteiger partial charge is 0.493 e. The lowest BCUT2D eigenvalue weighted by Crippen LogP contribution is -2.19. The third-order valence-electron chi connectivity index (χ3n) is 4.46. The average Bonchev–Trinajstić information content (AvgIpc) is 3.27. The standard InChI is InChI=1S/C24H18BrN3O5S/c1-31-20-12-15(11-17(25)22(20)33-23(30)16-7-3-2-4-8-16)13-26-28-21(29)14-34-24-27-18-9-5-6-10-19(18)32-24/h2-13H,14H2,1H3,(H,28,29)/b26-13-. The van der Waals surface area contributed by atoms with Gasteiger partial charge in [0.15, 0.2) is 17.1 Å². The number of fused-ring (bicyclic) bond motifs is 1. The van der Waals surface area contributed by atoms with Crippen LogP contribution in [0.15, 0.2) is 85.9 Å². The molecule has 0 radical (unpaired) electrons. The van der Waals surface area contributed by atoms with Crippen molar-refractivity contribution in [2.24, 2.45) is 5.10 Å². The number of amides is 1. The Morgan fingerprint density at radius 3 is 2.68 bits per heavy atom. The molecule has 4 rings (SSSR count). The molecule has 1 amide bonds. The molecule has 0 unspecified atom stereocenters. The molecule has 0 saturated heterocycles. The highest BCUT2D eigenvalue weighted by Crippen LogP contribution is 2.36. The normalized spacial score (nSPS) is 11.0. The summed E-state index contributed by atoms with van der Waals surface area (Å²) >= 11 is 4.57. The minimum Gasteiger partial charge on any atom is -0.493 e. The first kappa shape index (κ1) is 23.5. The van der Waals surface area contributed by atoms with Crippen LogP contribution in [-0.2, 0) is 4.79 Å². The molecule has 3 aromatic carbocycles. The zero-order chi connectivity index (χ0) is 23.9. The summed E-state index contributed by atoms with van der Waals surface area (Å²) in [5, 5.41) is 4.39. The first-order valence-corrected chi connectivity index (χ1v) is 11.8. The third kappa shape index (κ3) is 5.83. The fourth-order valence-corrected chi connectivity index (χ4v) is 4.06. The molecule has 8 nitrogen and oxygen atoms in total. The Kier molecular flexibility index (Phi) is 7.61. The smallest absolute Gasteiger partial charge is 0.343 e. The van der Waals surface area contributed by atoms with Gasteiger partial charge in [-0.3, -0.25) is 4.79 Å². The van der Waals surface area contributed by atoms with E-state index in [1.165, 1.54) is 25.1 Å². The van der Waals surface area contributed by atoms with Gasteiger partial charge in [0.2, 0.25) is 0 Å². The Hall–Kier alpha value is -3.63. The number of carbonyl (C=O) groups is 2. The number of hydrogen-bond acceptors (Lipinski definition) is 8. The van der Waals surface area contributed by atoms with Gasteiger partial charge in [-0.15, -0.1) is 0 Å². The molecule has 34 heavy (non-hydrogen) atoms. The van der Waals surface area contributed by atoms with Crippen molar-refractivity contribution in [2.75, 3.05) is 12.9 Å². The number of benzene rings is 3. The molecule has 0 aliphatic heterocycles. The van der Waals surface area contributed by atoms with Crippen molar-refractivity contribution in [3.8, 4) is 11.5 Å². The van der Waals surface area contributed by atoms with Crippen LogP contribution in [-0.4, -0.2) is 35.9 Å². The zero-order valence-electron chi connectivity index (χ0n) is 17.9. The number of ether oxygens (including phenoxy) is 2. The molecule has 1 N–H and O–H groups in total. The van der Waals surface area contributed by atoms with Crippen LogP contribution in [0.25, 0.3) is 11.1 Å². The number of hydrogen-bond donors (Lipinski definition) is 1. The van der Waals surface area contributed by atoms with Gasteiger partial charge in [0, 0.05) is 0 Å². The van der Waals surface area contributed by atoms with E-state index >= 15 is 0 Å². The van der Waals surface area contributed by atoms with Gasteiger partial charge in [-0.1, -0.05) is 42.1 Å². The van der Waals surface area contributed by atoms with E-state index in [9.17, 15) is 9.59 Å². The quantitative estimate of drug-likeness (QED) is 0.110. The second kappa shape index (κ2) is 11.0. The first-order chi connectivity index (χ1) is 16.5. The molecule has 0 bridgehead atoms. The van der Waals surface area contributed by atoms with Crippen molar-refractivity contribution >= 4 is 56.9 Å². The van der Waals surface area contributed by atoms with Gasteiger partial charge < -0.3 is 13.9 Å². The molecule has 0 aliphatic carbocycles. The van der Waals surface area contributed by atoms with E-state index in [1.807, 2.05) is 30.3 Å². The van der Waals surface area contributed by atoms with Crippen LogP contribution in [0.2, 0.25) is 0 Å². The predicted molar refractivity (Wildman–Crippen MR) is 133 cm³/mol. The minimum atomic E-state index is -0.510.